The predicted octanol–water partition coefficient (Wildman–Crippen LogP) is 4.16. The summed E-state index contributed by atoms with van der Waals surface area (Å²) in [5.74, 6) is 1.29. The molecule has 1 aliphatic rings. The molecule has 0 spiro atoms. The normalized spacial score (nSPS) is 15.7. The van der Waals surface area contributed by atoms with Gasteiger partial charge in [-0.3, -0.25) is 0 Å². The highest BCUT2D eigenvalue weighted by atomic mass is 19.4. The average Bonchev–Trinajstić information content (AvgIpc) is 2.36. The lowest BCUT2D eigenvalue weighted by molar-refractivity contribution is -0.137. The van der Waals surface area contributed by atoms with Crippen molar-refractivity contribution in [3.8, 4) is 0 Å². The summed E-state index contributed by atoms with van der Waals surface area (Å²) in [7, 11) is 0. The van der Waals surface area contributed by atoms with Gasteiger partial charge in [0.25, 0.3) is 0 Å². The maximum Gasteiger partial charge on any atom is 0.416 e. The summed E-state index contributed by atoms with van der Waals surface area (Å²) in [4.78, 5) is 6.28. The van der Waals surface area contributed by atoms with E-state index in [0.29, 0.717) is 24.8 Å². The summed E-state index contributed by atoms with van der Waals surface area (Å²) in [6, 6.07) is 2.23. The van der Waals surface area contributed by atoms with Crippen LogP contribution in [-0.4, -0.2) is 24.6 Å². The fourth-order valence-corrected chi connectivity index (χ4v) is 2.49. The summed E-state index contributed by atoms with van der Waals surface area (Å²) >= 11 is 0. The van der Waals surface area contributed by atoms with Gasteiger partial charge in [0.2, 0.25) is 0 Å². The van der Waals surface area contributed by atoms with E-state index in [0.717, 1.165) is 31.5 Å². The van der Waals surface area contributed by atoms with Gasteiger partial charge in [0.15, 0.2) is 0 Å². The van der Waals surface area contributed by atoms with E-state index in [1.807, 2.05) is 18.7 Å². The maximum atomic E-state index is 13.0. The predicted molar refractivity (Wildman–Crippen MR) is 78.6 cm³/mol. The van der Waals surface area contributed by atoms with Crippen LogP contribution in [0, 0.1) is 5.92 Å². The van der Waals surface area contributed by atoms with Gasteiger partial charge in [-0.15, -0.1) is 0 Å². The van der Waals surface area contributed by atoms with Gasteiger partial charge in [0.1, 0.15) is 11.6 Å². The van der Waals surface area contributed by atoms with Crippen LogP contribution in [0.3, 0.4) is 0 Å². The summed E-state index contributed by atoms with van der Waals surface area (Å²) in [6.45, 7) is 5.79. The highest BCUT2D eigenvalue weighted by Gasteiger charge is 2.32. The third-order valence-electron chi connectivity index (χ3n) is 3.91. The maximum absolute atomic E-state index is 13.0. The first-order valence-corrected chi connectivity index (χ1v) is 7.52. The molecule has 118 valence electrons. The molecule has 1 saturated carbocycles. The zero-order valence-electron chi connectivity index (χ0n) is 12.5. The molecule has 6 heteroatoms. The second-order valence-corrected chi connectivity index (χ2v) is 5.46. The zero-order valence-corrected chi connectivity index (χ0v) is 12.5. The Balaban J connectivity index is 2.28. The molecule has 1 heterocycles. The molecule has 1 fully saturated rings. The van der Waals surface area contributed by atoms with Crippen molar-refractivity contribution >= 4 is 11.6 Å². The number of halogens is 3. The van der Waals surface area contributed by atoms with Crippen LogP contribution in [0.1, 0.15) is 38.7 Å². The molecule has 1 aromatic rings. The number of alkyl halides is 3. The van der Waals surface area contributed by atoms with E-state index in [2.05, 4.69) is 10.3 Å². The van der Waals surface area contributed by atoms with Gasteiger partial charge < -0.3 is 10.2 Å². The van der Waals surface area contributed by atoms with E-state index < -0.39 is 11.7 Å². The van der Waals surface area contributed by atoms with Gasteiger partial charge in [-0.05, 0) is 44.7 Å². The van der Waals surface area contributed by atoms with Crippen LogP contribution in [0.5, 0.6) is 0 Å². The molecule has 1 aliphatic carbocycles. The zero-order chi connectivity index (χ0) is 15.5. The van der Waals surface area contributed by atoms with Crippen LogP contribution < -0.4 is 10.2 Å². The SMILES string of the molecule is CCNc1cc(C(F)(F)F)cc(N(CC)CC2CCC2)n1. The van der Waals surface area contributed by atoms with Crippen LogP contribution >= 0.6 is 0 Å². The number of rotatable bonds is 6. The first kappa shape index (κ1) is 15.9. The van der Waals surface area contributed by atoms with Gasteiger partial charge in [-0.2, -0.15) is 13.2 Å². The minimum atomic E-state index is -4.35. The number of aromatic nitrogens is 1. The van der Waals surface area contributed by atoms with E-state index in [1.165, 1.54) is 6.42 Å². The fraction of sp³-hybridized carbons (Fsp3) is 0.667. The van der Waals surface area contributed by atoms with Crippen LogP contribution in [0.4, 0.5) is 24.8 Å². The van der Waals surface area contributed by atoms with Crippen molar-refractivity contribution in [2.45, 2.75) is 39.3 Å². The quantitative estimate of drug-likeness (QED) is 0.855. The Morgan fingerprint density at radius 1 is 1.29 bits per heavy atom. The molecular weight excluding hydrogens is 279 g/mol. The number of hydrogen-bond acceptors (Lipinski definition) is 3. The van der Waals surface area contributed by atoms with Crippen LogP contribution in [0.2, 0.25) is 0 Å². The Bertz CT molecular complexity index is 470. The monoisotopic (exact) mass is 301 g/mol. The average molecular weight is 301 g/mol. The summed E-state index contributed by atoms with van der Waals surface area (Å²) < 4.78 is 39.1. The van der Waals surface area contributed by atoms with Crippen molar-refractivity contribution in [1.82, 2.24) is 4.98 Å². The molecule has 0 saturated heterocycles. The third-order valence-corrected chi connectivity index (χ3v) is 3.91. The van der Waals surface area contributed by atoms with Gasteiger partial charge >= 0.3 is 6.18 Å². The van der Waals surface area contributed by atoms with Crippen molar-refractivity contribution in [3.63, 3.8) is 0 Å². The summed E-state index contributed by atoms with van der Waals surface area (Å²) in [5.41, 5.74) is -0.643. The van der Waals surface area contributed by atoms with E-state index in [1.54, 1.807) is 0 Å². The van der Waals surface area contributed by atoms with E-state index in [-0.39, 0.29) is 5.82 Å². The molecule has 1 N–H and O–H groups in total. The smallest absolute Gasteiger partial charge is 0.370 e. The highest BCUT2D eigenvalue weighted by molar-refractivity contribution is 5.51. The Morgan fingerprint density at radius 3 is 2.48 bits per heavy atom. The molecule has 0 aliphatic heterocycles. The molecule has 0 aromatic carbocycles. The molecule has 0 radical (unpaired) electrons. The Labute approximate surface area is 123 Å². The van der Waals surface area contributed by atoms with Crippen molar-refractivity contribution in [3.05, 3.63) is 17.7 Å². The molecule has 0 amide bonds. The Hall–Kier alpha value is -1.46. The minimum absolute atomic E-state index is 0.286. The number of anilines is 2. The van der Waals surface area contributed by atoms with E-state index in [9.17, 15) is 13.2 Å². The van der Waals surface area contributed by atoms with E-state index >= 15 is 0 Å². The topological polar surface area (TPSA) is 28.2 Å². The fourth-order valence-electron chi connectivity index (χ4n) is 2.49. The van der Waals surface area contributed by atoms with Crippen LogP contribution in [0.25, 0.3) is 0 Å². The Morgan fingerprint density at radius 2 is 2.00 bits per heavy atom. The molecule has 2 rings (SSSR count). The lowest BCUT2D eigenvalue weighted by atomic mass is 9.85. The number of hydrogen-bond donors (Lipinski definition) is 1. The van der Waals surface area contributed by atoms with Crippen LogP contribution in [-0.2, 0) is 6.18 Å². The van der Waals surface area contributed by atoms with Crippen molar-refractivity contribution < 1.29 is 13.2 Å². The van der Waals surface area contributed by atoms with Crippen molar-refractivity contribution in [1.29, 1.82) is 0 Å². The van der Waals surface area contributed by atoms with Crippen molar-refractivity contribution in [2.75, 3.05) is 29.9 Å². The molecule has 0 bridgehead atoms. The molecule has 1 aromatic heterocycles. The van der Waals surface area contributed by atoms with Crippen LogP contribution in [0.15, 0.2) is 12.1 Å². The highest BCUT2D eigenvalue weighted by Crippen LogP contribution is 2.34. The first-order valence-electron chi connectivity index (χ1n) is 7.52. The van der Waals surface area contributed by atoms with Gasteiger partial charge in [-0.25, -0.2) is 4.98 Å². The van der Waals surface area contributed by atoms with Crippen molar-refractivity contribution in [2.24, 2.45) is 5.92 Å². The second-order valence-electron chi connectivity index (χ2n) is 5.46. The minimum Gasteiger partial charge on any atom is -0.370 e. The number of nitrogens with zero attached hydrogens (tertiary/aromatic N) is 2. The summed E-state index contributed by atoms with van der Waals surface area (Å²) in [5, 5.41) is 2.88. The molecular formula is C15H22F3N3. The molecule has 3 nitrogen and oxygen atoms in total. The third kappa shape index (κ3) is 4.02. The lowest BCUT2D eigenvalue weighted by Gasteiger charge is -2.32. The number of nitrogens with one attached hydrogen (secondary N) is 1. The standard InChI is InChI=1S/C15H22F3N3/c1-3-19-13-8-12(15(16,17)18)9-14(20-13)21(4-2)10-11-6-5-7-11/h8-9,11H,3-7,10H2,1-2H3,(H,19,20). The van der Waals surface area contributed by atoms with E-state index in [4.69, 9.17) is 0 Å². The summed E-state index contributed by atoms with van der Waals surface area (Å²) in [6.07, 6.45) is -0.802. The largest absolute Gasteiger partial charge is 0.416 e. The molecule has 0 atom stereocenters. The molecule has 0 unspecified atom stereocenters. The Kier molecular flexibility index (Phi) is 4.96. The van der Waals surface area contributed by atoms with Gasteiger partial charge in [0, 0.05) is 19.6 Å². The van der Waals surface area contributed by atoms with Gasteiger partial charge in [-0.1, -0.05) is 6.42 Å². The number of pyridine rings is 1. The lowest BCUT2D eigenvalue weighted by Crippen LogP contribution is -2.33. The first-order chi connectivity index (χ1) is 9.94. The van der Waals surface area contributed by atoms with Gasteiger partial charge in [0.05, 0.1) is 5.56 Å². The second kappa shape index (κ2) is 6.54. The molecule has 21 heavy (non-hydrogen) atoms.